The highest BCUT2D eigenvalue weighted by molar-refractivity contribution is 6.03. The molecular weight excluding hydrogens is 394 g/mol. The molecule has 0 unspecified atom stereocenters. The number of hydrogen-bond donors (Lipinski definition) is 1. The summed E-state index contributed by atoms with van der Waals surface area (Å²) >= 11 is 0. The van der Waals surface area contributed by atoms with E-state index in [0.29, 0.717) is 48.7 Å². The van der Waals surface area contributed by atoms with E-state index in [2.05, 4.69) is 9.97 Å². The number of fused-ring (bicyclic) bond motifs is 1. The van der Waals surface area contributed by atoms with Gasteiger partial charge in [-0.05, 0) is 0 Å². The first-order chi connectivity index (χ1) is 14.4. The van der Waals surface area contributed by atoms with Crippen molar-refractivity contribution in [3.8, 4) is 17.2 Å². The molecule has 2 N–H and O–H groups in total. The molecule has 0 radical (unpaired) electrons. The van der Waals surface area contributed by atoms with Crippen molar-refractivity contribution in [2.24, 2.45) is 0 Å². The van der Waals surface area contributed by atoms with E-state index in [1.807, 2.05) is 0 Å². The highest BCUT2D eigenvalue weighted by Gasteiger charge is 2.45. The van der Waals surface area contributed by atoms with E-state index < -0.39 is 10.5 Å². The summed E-state index contributed by atoms with van der Waals surface area (Å²) in [6.07, 6.45) is 2.37. The lowest BCUT2D eigenvalue weighted by Crippen LogP contribution is -2.51. The van der Waals surface area contributed by atoms with E-state index in [1.54, 1.807) is 17.0 Å². The Morgan fingerprint density at radius 2 is 1.97 bits per heavy atom. The highest BCUT2D eigenvalue weighted by Crippen LogP contribution is 2.45. The molecule has 158 valence electrons. The lowest BCUT2D eigenvalue weighted by Gasteiger charge is -2.44. The van der Waals surface area contributed by atoms with Crippen LogP contribution in [-0.4, -0.2) is 53.6 Å². The van der Waals surface area contributed by atoms with Gasteiger partial charge in [-0.3, -0.25) is 14.9 Å². The van der Waals surface area contributed by atoms with Gasteiger partial charge in [-0.15, -0.1) is 0 Å². The fourth-order valence-corrected chi connectivity index (χ4v) is 4.04. The number of nitrogen functional groups attached to an aromatic ring is 1. The van der Waals surface area contributed by atoms with E-state index >= 15 is 0 Å². The predicted molar refractivity (Wildman–Crippen MR) is 106 cm³/mol. The molecule has 2 aliphatic heterocycles. The van der Waals surface area contributed by atoms with Crippen molar-refractivity contribution < 1.29 is 23.9 Å². The summed E-state index contributed by atoms with van der Waals surface area (Å²) in [5.74, 6) is 1.29. The molecule has 1 aromatic carbocycles. The van der Waals surface area contributed by atoms with Crippen LogP contribution < -0.4 is 24.8 Å². The SMILES string of the molecule is COc1cc(OC)c2c(c1)OC1(CCN(c3ncnc(N)c3[N+](=O)[O-])CC1)CC2=O. The van der Waals surface area contributed by atoms with Crippen molar-refractivity contribution >= 4 is 23.1 Å². The van der Waals surface area contributed by atoms with Gasteiger partial charge in [0.2, 0.25) is 11.6 Å². The van der Waals surface area contributed by atoms with E-state index in [-0.39, 0.29) is 29.5 Å². The van der Waals surface area contributed by atoms with Crippen LogP contribution in [0.4, 0.5) is 17.3 Å². The number of anilines is 2. The zero-order valence-electron chi connectivity index (χ0n) is 16.6. The Morgan fingerprint density at radius 3 is 2.60 bits per heavy atom. The van der Waals surface area contributed by atoms with Gasteiger partial charge in [0.1, 0.15) is 34.7 Å². The van der Waals surface area contributed by atoms with Crippen molar-refractivity contribution in [3.63, 3.8) is 0 Å². The molecule has 0 atom stereocenters. The largest absolute Gasteiger partial charge is 0.496 e. The lowest BCUT2D eigenvalue weighted by atomic mass is 9.82. The summed E-state index contributed by atoms with van der Waals surface area (Å²) in [5, 5.41) is 11.4. The molecule has 4 rings (SSSR count). The molecule has 3 heterocycles. The molecule has 2 aliphatic rings. The predicted octanol–water partition coefficient (Wildman–Crippen LogP) is 1.99. The number of nitrogens with zero attached hydrogens (tertiary/aromatic N) is 4. The maximum absolute atomic E-state index is 12.9. The summed E-state index contributed by atoms with van der Waals surface area (Å²) in [5.41, 5.74) is 5.07. The Labute approximate surface area is 171 Å². The van der Waals surface area contributed by atoms with Crippen LogP contribution in [0.5, 0.6) is 17.2 Å². The fraction of sp³-hybridized carbons (Fsp3) is 0.421. The normalized spacial score (nSPS) is 17.3. The minimum Gasteiger partial charge on any atom is -0.496 e. The molecule has 0 aliphatic carbocycles. The van der Waals surface area contributed by atoms with Crippen LogP contribution in [-0.2, 0) is 0 Å². The van der Waals surface area contributed by atoms with E-state index in [9.17, 15) is 14.9 Å². The molecule has 0 saturated carbocycles. The van der Waals surface area contributed by atoms with Crippen LogP contribution in [0.15, 0.2) is 18.5 Å². The van der Waals surface area contributed by atoms with Crippen molar-refractivity contribution in [3.05, 3.63) is 34.1 Å². The third-order valence-electron chi connectivity index (χ3n) is 5.57. The van der Waals surface area contributed by atoms with Gasteiger partial charge in [-0.25, -0.2) is 9.97 Å². The van der Waals surface area contributed by atoms with E-state index in [4.69, 9.17) is 19.9 Å². The van der Waals surface area contributed by atoms with Gasteiger partial charge in [0.25, 0.3) is 0 Å². The maximum atomic E-state index is 12.9. The molecule has 0 amide bonds. The second kappa shape index (κ2) is 7.32. The van der Waals surface area contributed by atoms with Crippen LogP contribution in [0.25, 0.3) is 0 Å². The van der Waals surface area contributed by atoms with E-state index in [1.165, 1.54) is 20.5 Å². The Bertz CT molecular complexity index is 1020. The number of aromatic nitrogens is 2. The molecule has 1 fully saturated rings. The topological polar surface area (TPSA) is 143 Å². The number of Topliss-reactive ketones (excluding diaryl/α,β-unsaturated/α-hetero) is 1. The number of ether oxygens (including phenoxy) is 3. The molecule has 1 saturated heterocycles. The van der Waals surface area contributed by atoms with Crippen molar-refractivity contribution in [1.82, 2.24) is 9.97 Å². The average Bonchev–Trinajstić information content (AvgIpc) is 2.72. The summed E-state index contributed by atoms with van der Waals surface area (Å²) in [6.45, 7) is 0.835. The minimum absolute atomic E-state index is 0.0681. The number of rotatable bonds is 4. The Balaban J connectivity index is 1.60. The zero-order chi connectivity index (χ0) is 21.5. The first kappa shape index (κ1) is 19.7. The van der Waals surface area contributed by atoms with Crippen LogP contribution >= 0.6 is 0 Å². The number of piperidine rings is 1. The zero-order valence-corrected chi connectivity index (χ0v) is 16.6. The number of ketones is 1. The van der Waals surface area contributed by atoms with Crippen LogP contribution in [0, 0.1) is 10.1 Å². The number of carbonyl (C=O) groups is 1. The number of methoxy groups -OCH3 is 2. The van der Waals surface area contributed by atoms with Gasteiger partial charge < -0.3 is 24.8 Å². The molecule has 11 heteroatoms. The first-order valence-electron chi connectivity index (χ1n) is 9.35. The van der Waals surface area contributed by atoms with Gasteiger partial charge in [0.05, 0.1) is 25.6 Å². The summed E-state index contributed by atoms with van der Waals surface area (Å²) in [6, 6.07) is 3.33. The first-order valence-corrected chi connectivity index (χ1v) is 9.35. The summed E-state index contributed by atoms with van der Waals surface area (Å²) in [4.78, 5) is 33.3. The van der Waals surface area contributed by atoms with Gasteiger partial charge in [0, 0.05) is 38.1 Å². The Kier molecular flexibility index (Phi) is 4.80. The van der Waals surface area contributed by atoms with Gasteiger partial charge in [-0.2, -0.15) is 0 Å². The third kappa shape index (κ3) is 3.21. The number of nitro groups is 1. The quantitative estimate of drug-likeness (QED) is 0.581. The number of nitrogens with two attached hydrogens (primary N) is 1. The molecule has 11 nitrogen and oxygen atoms in total. The van der Waals surface area contributed by atoms with Crippen LogP contribution in [0.3, 0.4) is 0 Å². The number of benzene rings is 1. The second-order valence-electron chi connectivity index (χ2n) is 7.26. The Morgan fingerprint density at radius 1 is 1.23 bits per heavy atom. The molecule has 0 bridgehead atoms. The van der Waals surface area contributed by atoms with Crippen molar-refractivity contribution in [2.45, 2.75) is 24.9 Å². The molecule has 30 heavy (non-hydrogen) atoms. The lowest BCUT2D eigenvalue weighted by molar-refractivity contribution is -0.383. The van der Waals surface area contributed by atoms with Gasteiger partial charge >= 0.3 is 5.69 Å². The van der Waals surface area contributed by atoms with Gasteiger partial charge in [-0.1, -0.05) is 0 Å². The molecule has 1 aromatic heterocycles. The van der Waals surface area contributed by atoms with Crippen LogP contribution in [0.1, 0.15) is 29.6 Å². The second-order valence-corrected chi connectivity index (χ2v) is 7.26. The third-order valence-corrected chi connectivity index (χ3v) is 5.57. The average molecular weight is 415 g/mol. The smallest absolute Gasteiger partial charge is 0.353 e. The van der Waals surface area contributed by atoms with Gasteiger partial charge in [0.15, 0.2) is 5.78 Å². The minimum atomic E-state index is -0.703. The fourth-order valence-electron chi connectivity index (χ4n) is 4.04. The highest BCUT2D eigenvalue weighted by atomic mass is 16.6. The molecular formula is C19H21N5O6. The van der Waals surface area contributed by atoms with E-state index in [0.717, 1.165) is 0 Å². The molecule has 1 spiro atoms. The molecule has 2 aromatic rings. The maximum Gasteiger partial charge on any atom is 0.353 e. The Hall–Kier alpha value is -3.63. The standard InChI is InChI=1S/C19H21N5O6/c1-28-11-7-13(29-2)15-12(25)9-19(30-14(15)8-11)3-5-23(6-4-19)18-16(24(26)27)17(20)21-10-22-18/h7-8,10H,3-6,9H2,1-2H3,(H2,20,21,22). The monoisotopic (exact) mass is 415 g/mol. The summed E-state index contributed by atoms with van der Waals surface area (Å²) < 4.78 is 16.9. The number of hydrogen-bond acceptors (Lipinski definition) is 10. The van der Waals surface area contributed by atoms with Crippen molar-refractivity contribution in [1.29, 1.82) is 0 Å². The summed E-state index contributed by atoms with van der Waals surface area (Å²) in [7, 11) is 3.02. The van der Waals surface area contributed by atoms with Crippen LogP contribution in [0.2, 0.25) is 0 Å². The van der Waals surface area contributed by atoms with Crippen molar-refractivity contribution in [2.75, 3.05) is 37.9 Å². The number of carbonyl (C=O) groups excluding carboxylic acids is 1.